The van der Waals surface area contributed by atoms with Gasteiger partial charge in [0.15, 0.2) is 5.13 Å². The predicted molar refractivity (Wildman–Crippen MR) is 83.6 cm³/mol. The van der Waals surface area contributed by atoms with Crippen molar-refractivity contribution in [3.05, 3.63) is 41.4 Å². The lowest BCUT2D eigenvalue weighted by molar-refractivity contribution is 0.0952. The molecule has 0 saturated heterocycles. The van der Waals surface area contributed by atoms with E-state index < -0.39 is 0 Å². The minimum atomic E-state index is -0.0339. The molecule has 4 nitrogen and oxygen atoms in total. The zero-order chi connectivity index (χ0) is 14.4. The van der Waals surface area contributed by atoms with Crippen LogP contribution in [0.5, 0.6) is 0 Å². The maximum Gasteiger partial charge on any atom is 0.251 e. The third kappa shape index (κ3) is 4.35. The zero-order valence-corrected chi connectivity index (χ0v) is 12.5. The Labute approximate surface area is 123 Å². The van der Waals surface area contributed by atoms with Crippen molar-refractivity contribution in [1.29, 1.82) is 0 Å². The topological polar surface area (TPSA) is 54.0 Å². The lowest BCUT2D eigenvalue weighted by atomic mass is 10.1. The van der Waals surface area contributed by atoms with Crippen LogP contribution in [0.4, 0.5) is 10.8 Å². The van der Waals surface area contributed by atoms with Gasteiger partial charge in [-0.2, -0.15) is 0 Å². The first-order chi connectivity index (χ1) is 9.65. The number of hydrogen-bond acceptors (Lipinski definition) is 4. The molecule has 2 N–H and O–H groups in total. The van der Waals surface area contributed by atoms with E-state index in [1.165, 1.54) is 11.3 Å². The highest BCUT2D eigenvalue weighted by atomic mass is 32.1. The van der Waals surface area contributed by atoms with Crippen molar-refractivity contribution < 1.29 is 4.79 Å². The van der Waals surface area contributed by atoms with Crippen molar-refractivity contribution in [2.75, 3.05) is 11.9 Å². The summed E-state index contributed by atoms with van der Waals surface area (Å²) >= 11 is 1.53. The van der Waals surface area contributed by atoms with Crippen LogP contribution in [0.1, 0.15) is 30.6 Å². The molecule has 2 rings (SSSR count). The lowest BCUT2D eigenvalue weighted by Crippen LogP contribution is -2.25. The van der Waals surface area contributed by atoms with Crippen LogP contribution in [-0.4, -0.2) is 17.4 Å². The van der Waals surface area contributed by atoms with E-state index >= 15 is 0 Å². The number of aromatic nitrogens is 1. The van der Waals surface area contributed by atoms with Crippen molar-refractivity contribution in [3.63, 3.8) is 0 Å². The molecule has 0 saturated carbocycles. The standard InChI is InChI=1S/C15H19N3OS/c1-11(2)6-7-16-14(19)12-4-3-5-13(10-12)18-15-17-8-9-20-15/h3-5,8-11H,6-7H2,1-2H3,(H,16,19)(H,17,18). The van der Waals surface area contributed by atoms with Crippen molar-refractivity contribution in [2.24, 2.45) is 5.92 Å². The van der Waals surface area contributed by atoms with E-state index in [2.05, 4.69) is 29.5 Å². The molecule has 1 aromatic heterocycles. The molecule has 0 bridgehead atoms. The van der Waals surface area contributed by atoms with Gasteiger partial charge in [-0.25, -0.2) is 4.98 Å². The molecule has 0 atom stereocenters. The van der Waals surface area contributed by atoms with Crippen LogP contribution in [0.2, 0.25) is 0 Å². The van der Waals surface area contributed by atoms with Gasteiger partial charge < -0.3 is 10.6 Å². The molecule has 0 aliphatic carbocycles. The monoisotopic (exact) mass is 289 g/mol. The highest BCUT2D eigenvalue weighted by Crippen LogP contribution is 2.19. The number of nitrogens with one attached hydrogen (secondary N) is 2. The fraction of sp³-hybridized carbons (Fsp3) is 0.333. The molecule has 20 heavy (non-hydrogen) atoms. The molecule has 1 aromatic carbocycles. The molecule has 0 aliphatic rings. The Balaban J connectivity index is 1.96. The Morgan fingerprint density at radius 1 is 1.40 bits per heavy atom. The van der Waals surface area contributed by atoms with Crippen molar-refractivity contribution >= 4 is 28.1 Å². The van der Waals surface area contributed by atoms with Gasteiger partial charge >= 0.3 is 0 Å². The first kappa shape index (κ1) is 14.5. The zero-order valence-electron chi connectivity index (χ0n) is 11.7. The van der Waals surface area contributed by atoms with Crippen LogP contribution >= 0.6 is 11.3 Å². The molecule has 106 valence electrons. The van der Waals surface area contributed by atoms with Crippen LogP contribution in [-0.2, 0) is 0 Å². The smallest absolute Gasteiger partial charge is 0.251 e. The number of benzene rings is 1. The summed E-state index contributed by atoms with van der Waals surface area (Å²) in [6.45, 7) is 5.00. The number of carbonyl (C=O) groups is 1. The molecule has 5 heteroatoms. The van der Waals surface area contributed by atoms with Crippen LogP contribution in [0.3, 0.4) is 0 Å². The number of nitrogens with zero attached hydrogens (tertiary/aromatic N) is 1. The van der Waals surface area contributed by atoms with Crippen molar-refractivity contribution in [1.82, 2.24) is 10.3 Å². The summed E-state index contributed by atoms with van der Waals surface area (Å²) in [4.78, 5) is 16.2. The molecule has 1 heterocycles. The Kier molecular flexibility index (Phi) is 5.12. The summed E-state index contributed by atoms with van der Waals surface area (Å²) in [5.41, 5.74) is 1.53. The van der Waals surface area contributed by atoms with Gasteiger partial charge in [-0.3, -0.25) is 4.79 Å². The molecular weight excluding hydrogens is 270 g/mol. The predicted octanol–water partition coefficient (Wildman–Crippen LogP) is 3.66. The molecule has 0 aliphatic heterocycles. The van der Waals surface area contributed by atoms with E-state index in [4.69, 9.17) is 0 Å². The summed E-state index contributed by atoms with van der Waals surface area (Å²) < 4.78 is 0. The number of rotatable bonds is 6. The van der Waals surface area contributed by atoms with Crippen molar-refractivity contribution in [2.45, 2.75) is 20.3 Å². The average Bonchev–Trinajstić information content (AvgIpc) is 2.91. The molecule has 0 spiro atoms. The molecule has 0 unspecified atom stereocenters. The van der Waals surface area contributed by atoms with Crippen LogP contribution in [0.15, 0.2) is 35.8 Å². The second-order valence-corrected chi connectivity index (χ2v) is 5.88. The normalized spacial score (nSPS) is 10.6. The van der Waals surface area contributed by atoms with Crippen LogP contribution in [0, 0.1) is 5.92 Å². The van der Waals surface area contributed by atoms with E-state index in [9.17, 15) is 4.79 Å². The maximum atomic E-state index is 12.0. The van der Waals surface area contributed by atoms with E-state index in [0.717, 1.165) is 17.2 Å². The highest BCUT2D eigenvalue weighted by Gasteiger charge is 2.06. The summed E-state index contributed by atoms with van der Waals surface area (Å²) in [5, 5.41) is 8.85. The number of thiazole rings is 1. The number of carbonyl (C=O) groups excluding carboxylic acids is 1. The fourth-order valence-electron chi connectivity index (χ4n) is 1.72. The molecule has 0 fully saturated rings. The van der Waals surface area contributed by atoms with Gasteiger partial charge in [0, 0.05) is 29.4 Å². The molecule has 2 aromatic rings. The van der Waals surface area contributed by atoms with E-state index in [1.807, 2.05) is 29.6 Å². The van der Waals surface area contributed by atoms with Gasteiger partial charge in [0.2, 0.25) is 0 Å². The van der Waals surface area contributed by atoms with E-state index in [1.54, 1.807) is 6.20 Å². The average molecular weight is 289 g/mol. The Morgan fingerprint density at radius 3 is 2.95 bits per heavy atom. The maximum absolute atomic E-state index is 12.0. The number of amides is 1. The van der Waals surface area contributed by atoms with Crippen LogP contribution < -0.4 is 10.6 Å². The summed E-state index contributed by atoms with van der Waals surface area (Å²) in [7, 11) is 0. The van der Waals surface area contributed by atoms with Gasteiger partial charge in [-0.15, -0.1) is 11.3 Å². The minimum Gasteiger partial charge on any atom is -0.352 e. The summed E-state index contributed by atoms with van der Waals surface area (Å²) in [6.07, 6.45) is 2.73. The first-order valence-electron chi connectivity index (χ1n) is 6.70. The van der Waals surface area contributed by atoms with E-state index in [0.29, 0.717) is 18.0 Å². The van der Waals surface area contributed by atoms with E-state index in [-0.39, 0.29) is 5.91 Å². The van der Waals surface area contributed by atoms with Gasteiger partial charge in [-0.1, -0.05) is 19.9 Å². The van der Waals surface area contributed by atoms with Gasteiger partial charge in [0.1, 0.15) is 0 Å². The van der Waals surface area contributed by atoms with Gasteiger partial charge in [-0.05, 0) is 30.5 Å². The Hall–Kier alpha value is -1.88. The number of anilines is 2. The number of hydrogen-bond donors (Lipinski definition) is 2. The van der Waals surface area contributed by atoms with Crippen LogP contribution in [0.25, 0.3) is 0 Å². The second-order valence-electron chi connectivity index (χ2n) is 4.98. The first-order valence-corrected chi connectivity index (χ1v) is 7.58. The second kappa shape index (κ2) is 7.05. The van der Waals surface area contributed by atoms with Gasteiger partial charge in [0.25, 0.3) is 5.91 Å². The molecule has 0 radical (unpaired) electrons. The van der Waals surface area contributed by atoms with Crippen molar-refractivity contribution in [3.8, 4) is 0 Å². The Morgan fingerprint density at radius 2 is 2.25 bits per heavy atom. The quantitative estimate of drug-likeness (QED) is 0.853. The largest absolute Gasteiger partial charge is 0.352 e. The van der Waals surface area contributed by atoms with Gasteiger partial charge in [0.05, 0.1) is 0 Å². The SMILES string of the molecule is CC(C)CCNC(=O)c1cccc(Nc2nccs2)c1. The third-order valence-electron chi connectivity index (χ3n) is 2.82. The minimum absolute atomic E-state index is 0.0339. The summed E-state index contributed by atoms with van der Waals surface area (Å²) in [5.74, 6) is 0.557. The third-order valence-corrected chi connectivity index (χ3v) is 3.50. The highest BCUT2D eigenvalue weighted by molar-refractivity contribution is 7.13. The lowest BCUT2D eigenvalue weighted by Gasteiger charge is -2.08. The molecular formula is C15H19N3OS. The fourth-order valence-corrected chi connectivity index (χ4v) is 2.27. The summed E-state index contributed by atoms with van der Waals surface area (Å²) in [6, 6.07) is 7.45. The Bertz CT molecular complexity index is 552. The molecule has 1 amide bonds.